The van der Waals surface area contributed by atoms with Crippen molar-refractivity contribution >= 4 is 27.5 Å². The molecule has 0 aromatic carbocycles. The molecule has 1 aliphatic heterocycles. The van der Waals surface area contributed by atoms with E-state index in [1.54, 1.807) is 30.7 Å². The molecule has 160 valence electrons. The molecule has 0 radical (unpaired) electrons. The Balaban J connectivity index is 1.61. The Hall–Kier alpha value is -3.28. The van der Waals surface area contributed by atoms with Crippen molar-refractivity contribution in [2.24, 2.45) is 0 Å². The van der Waals surface area contributed by atoms with E-state index < -0.39 is 10.8 Å². The zero-order valence-corrected chi connectivity index (χ0v) is 17.3. The molecular weight excluding hydrogens is 418 g/mol. The first-order chi connectivity index (χ1) is 15.0. The van der Waals surface area contributed by atoms with Gasteiger partial charge >= 0.3 is 0 Å². The van der Waals surface area contributed by atoms with E-state index in [4.69, 9.17) is 0 Å². The van der Waals surface area contributed by atoms with Crippen molar-refractivity contribution in [2.75, 3.05) is 16.6 Å². The number of H-pyrrole nitrogens is 1. The van der Waals surface area contributed by atoms with Crippen LogP contribution in [0.25, 0.3) is 22.4 Å². The van der Waals surface area contributed by atoms with E-state index in [-0.39, 0.29) is 23.0 Å². The van der Waals surface area contributed by atoms with E-state index in [1.165, 1.54) is 4.31 Å². The lowest BCUT2D eigenvalue weighted by Gasteiger charge is -2.47. The Morgan fingerprint density at radius 2 is 1.97 bits per heavy atom. The minimum atomic E-state index is -3.01. The molecule has 31 heavy (non-hydrogen) atoms. The summed E-state index contributed by atoms with van der Waals surface area (Å²) in [6, 6.07) is 7.26. The Morgan fingerprint density at radius 1 is 1.10 bits per heavy atom. The number of nitrogens with one attached hydrogen (secondary N) is 1. The minimum Gasteiger partial charge on any atom is -0.504 e. The molecule has 0 spiro atoms. The highest BCUT2D eigenvalue weighted by Gasteiger charge is 2.31. The summed E-state index contributed by atoms with van der Waals surface area (Å²) in [5, 5.41) is 18.5. The molecule has 0 bridgehead atoms. The second-order valence-electron chi connectivity index (χ2n) is 7.32. The highest BCUT2D eigenvalue weighted by atomic mass is 32.3. The monoisotopic (exact) mass is 439 g/mol. The maximum Gasteiger partial charge on any atom is 0.203 e. The summed E-state index contributed by atoms with van der Waals surface area (Å²) in [5.74, 6) is 1.28. The van der Waals surface area contributed by atoms with Gasteiger partial charge in [0, 0.05) is 36.9 Å². The van der Waals surface area contributed by atoms with Gasteiger partial charge in [-0.3, -0.25) is 28.5 Å². The first-order valence-corrected chi connectivity index (χ1v) is 11.5. The van der Waals surface area contributed by atoms with Crippen LogP contribution in [0, 0.1) is 0 Å². The van der Waals surface area contributed by atoms with Crippen LogP contribution in [0.5, 0.6) is 5.75 Å². The van der Waals surface area contributed by atoms with Gasteiger partial charge in [0.15, 0.2) is 17.3 Å². The van der Waals surface area contributed by atoms with Crippen molar-refractivity contribution in [1.29, 1.82) is 0 Å². The Morgan fingerprint density at radius 3 is 2.77 bits per heavy atom. The van der Waals surface area contributed by atoms with Crippen LogP contribution in [0.4, 0.5) is 5.82 Å². The third-order valence-corrected chi connectivity index (χ3v) is 7.07. The van der Waals surface area contributed by atoms with Gasteiger partial charge in [0.25, 0.3) is 0 Å². The summed E-state index contributed by atoms with van der Waals surface area (Å²) >= 11 is 0. The van der Waals surface area contributed by atoms with Crippen LogP contribution in [-0.2, 0) is 6.42 Å². The van der Waals surface area contributed by atoms with Crippen molar-refractivity contribution in [2.45, 2.75) is 19.3 Å². The van der Waals surface area contributed by atoms with Crippen LogP contribution in [0.2, 0.25) is 0 Å². The lowest BCUT2D eigenvalue weighted by Crippen LogP contribution is -2.35. The van der Waals surface area contributed by atoms with E-state index >= 15 is 0 Å². The SMILES string of the molecule is Oc1c(-c2n[nH]c(Cc3cccnc3)n2)nc(N2CCCCS2(O)O)c2cccnc12. The summed E-state index contributed by atoms with van der Waals surface area (Å²) in [6.45, 7) is 0.448. The van der Waals surface area contributed by atoms with Crippen molar-refractivity contribution in [1.82, 2.24) is 30.1 Å². The largest absolute Gasteiger partial charge is 0.504 e. The molecule has 0 saturated carbocycles. The van der Waals surface area contributed by atoms with Crippen molar-refractivity contribution in [3.05, 3.63) is 54.2 Å². The van der Waals surface area contributed by atoms with Crippen molar-refractivity contribution in [3.63, 3.8) is 0 Å². The van der Waals surface area contributed by atoms with Gasteiger partial charge in [0.1, 0.15) is 11.3 Å². The van der Waals surface area contributed by atoms with E-state index in [9.17, 15) is 14.2 Å². The quantitative estimate of drug-likeness (QED) is 0.376. The Bertz CT molecular complexity index is 1230. The maximum atomic E-state index is 10.9. The predicted octanol–water partition coefficient (Wildman–Crippen LogP) is 3.37. The number of pyridine rings is 3. The van der Waals surface area contributed by atoms with Gasteiger partial charge in [0.05, 0.1) is 5.75 Å². The molecule has 4 aromatic heterocycles. The summed E-state index contributed by atoms with van der Waals surface area (Å²) in [6.07, 6.45) is 7.05. The smallest absolute Gasteiger partial charge is 0.203 e. The molecule has 5 rings (SSSR count). The number of aromatic hydroxyl groups is 1. The van der Waals surface area contributed by atoms with Gasteiger partial charge in [-0.1, -0.05) is 6.07 Å². The molecule has 0 amide bonds. The lowest BCUT2D eigenvalue weighted by molar-refractivity contribution is 0.466. The minimum absolute atomic E-state index is 0.135. The van der Waals surface area contributed by atoms with Crippen LogP contribution >= 0.6 is 10.8 Å². The molecule has 1 saturated heterocycles. The number of fused-ring (bicyclic) bond motifs is 1. The number of aromatic amines is 1. The molecule has 0 aliphatic carbocycles. The van der Waals surface area contributed by atoms with E-state index in [0.29, 0.717) is 35.5 Å². The average Bonchev–Trinajstić information content (AvgIpc) is 3.23. The van der Waals surface area contributed by atoms with Crippen LogP contribution < -0.4 is 4.31 Å². The molecule has 1 fully saturated rings. The standard InChI is InChI=1S/C20H21N7O3S/c28-18-16-14(6-4-8-22-16)20(27-9-1-2-10-31(27,29)30)24-17(18)19-23-15(25-26-19)11-13-5-3-7-21-12-13/h3-8,12,28-30H,1-2,9-11H2,(H,23,25,26). The number of aromatic nitrogens is 6. The van der Waals surface area contributed by atoms with Gasteiger partial charge in [-0.25, -0.2) is 9.97 Å². The van der Waals surface area contributed by atoms with Gasteiger partial charge in [-0.05, 0) is 36.6 Å². The molecule has 4 aromatic rings. The lowest BCUT2D eigenvalue weighted by atomic mass is 10.2. The highest BCUT2D eigenvalue weighted by Crippen LogP contribution is 2.51. The normalized spacial score (nSPS) is 17.0. The zero-order valence-electron chi connectivity index (χ0n) is 16.5. The molecule has 4 N–H and O–H groups in total. The number of nitrogens with zero attached hydrogens (tertiary/aromatic N) is 6. The second kappa shape index (κ2) is 7.76. The average molecular weight is 440 g/mol. The third kappa shape index (κ3) is 3.67. The highest BCUT2D eigenvalue weighted by molar-refractivity contribution is 8.25. The number of hydrogen-bond acceptors (Lipinski definition) is 9. The van der Waals surface area contributed by atoms with Crippen LogP contribution in [-0.4, -0.2) is 56.6 Å². The summed E-state index contributed by atoms with van der Waals surface area (Å²) in [7, 11) is -3.01. The Labute approximate surface area is 179 Å². The molecule has 1 aliphatic rings. The van der Waals surface area contributed by atoms with Crippen LogP contribution in [0.15, 0.2) is 42.9 Å². The predicted molar refractivity (Wildman–Crippen MR) is 118 cm³/mol. The van der Waals surface area contributed by atoms with E-state index in [1.807, 2.05) is 12.1 Å². The number of anilines is 1. The van der Waals surface area contributed by atoms with E-state index in [0.717, 1.165) is 18.4 Å². The summed E-state index contributed by atoms with van der Waals surface area (Å²) < 4.78 is 22.8. The summed E-state index contributed by atoms with van der Waals surface area (Å²) in [4.78, 5) is 17.5. The topological polar surface area (TPSA) is 144 Å². The van der Waals surface area contributed by atoms with Crippen LogP contribution in [0.1, 0.15) is 24.2 Å². The van der Waals surface area contributed by atoms with E-state index in [2.05, 4.69) is 30.1 Å². The molecule has 0 atom stereocenters. The first-order valence-electron chi connectivity index (χ1n) is 9.85. The summed E-state index contributed by atoms with van der Waals surface area (Å²) in [5.41, 5.74) is 1.41. The molecule has 5 heterocycles. The van der Waals surface area contributed by atoms with Gasteiger partial charge < -0.3 is 5.11 Å². The van der Waals surface area contributed by atoms with Crippen molar-refractivity contribution < 1.29 is 14.2 Å². The Kier molecular flexibility index (Phi) is 4.93. The molecular formula is C20H21N7O3S. The number of hydrogen-bond donors (Lipinski definition) is 4. The fourth-order valence-corrected chi connectivity index (χ4v) is 5.33. The van der Waals surface area contributed by atoms with Crippen molar-refractivity contribution in [3.8, 4) is 17.3 Å². The maximum absolute atomic E-state index is 10.9. The zero-order chi connectivity index (χ0) is 21.4. The van der Waals surface area contributed by atoms with Crippen LogP contribution in [0.3, 0.4) is 0 Å². The van der Waals surface area contributed by atoms with Gasteiger partial charge in [-0.15, -0.1) is 10.8 Å². The fourth-order valence-electron chi connectivity index (χ4n) is 3.68. The number of rotatable bonds is 4. The second-order valence-corrected chi connectivity index (χ2v) is 9.44. The molecule has 10 nitrogen and oxygen atoms in total. The fraction of sp³-hybridized carbons (Fsp3) is 0.250. The molecule has 0 unspecified atom stereocenters. The third-order valence-electron chi connectivity index (χ3n) is 5.17. The van der Waals surface area contributed by atoms with Gasteiger partial charge in [0.2, 0.25) is 5.82 Å². The first kappa shape index (κ1) is 19.7. The molecule has 11 heteroatoms. The van der Waals surface area contributed by atoms with Gasteiger partial charge in [-0.2, -0.15) is 5.10 Å².